The zero-order chi connectivity index (χ0) is 19.6. The van der Waals surface area contributed by atoms with Crippen LogP contribution >= 0.6 is 11.8 Å². The summed E-state index contributed by atoms with van der Waals surface area (Å²) in [6, 6.07) is 6.33. The predicted molar refractivity (Wildman–Crippen MR) is 108 cm³/mol. The molecule has 27 heavy (non-hydrogen) atoms. The zero-order valence-electron chi connectivity index (χ0n) is 16.8. The Morgan fingerprint density at radius 2 is 2.07 bits per heavy atom. The van der Waals surface area contributed by atoms with Gasteiger partial charge in [0.2, 0.25) is 11.1 Å². The van der Waals surface area contributed by atoms with Gasteiger partial charge in [0.25, 0.3) is 0 Å². The molecule has 1 N–H and O–H groups in total. The standard InChI is InChI=1S/C20H29N5OS/c1-12-8-6-10-17(14(12)3)21-19(26)16(5)27-20-22-23-24-25(20)18-11-7-9-13(2)15(18)4/h7,9,11-12,14,16-17H,6,8,10H2,1-5H3,(H,21,26)/t12-,14-,16+,17-/m0/s1. The summed E-state index contributed by atoms with van der Waals surface area (Å²) < 4.78 is 1.72. The number of aromatic nitrogens is 4. The number of tetrazole rings is 1. The highest BCUT2D eigenvalue weighted by Gasteiger charge is 2.30. The molecule has 1 heterocycles. The van der Waals surface area contributed by atoms with Crippen molar-refractivity contribution in [2.75, 3.05) is 0 Å². The van der Waals surface area contributed by atoms with Gasteiger partial charge in [-0.3, -0.25) is 4.79 Å². The summed E-state index contributed by atoms with van der Waals surface area (Å²) in [6.07, 6.45) is 3.50. The maximum Gasteiger partial charge on any atom is 0.233 e. The van der Waals surface area contributed by atoms with Crippen LogP contribution in [0.5, 0.6) is 0 Å². The van der Waals surface area contributed by atoms with Crippen molar-refractivity contribution >= 4 is 17.7 Å². The van der Waals surface area contributed by atoms with Gasteiger partial charge in [-0.05, 0) is 66.6 Å². The van der Waals surface area contributed by atoms with Gasteiger partial charge in [0.1, 0.15) is 0 Å². The van der Waals surface area contributed by atoms with Crippen LogP contribution in [0.2, 0.25) is 0 Å². The smallest absolute Gasteiger partial charge is 0.233 e. The number of carbonyl (C=O) groups is 1. The normalized spacial score (nSPS) is 23.8. The lowest BCUT2D eigenvalue weighted by molar-refractivity contribution is -0.121. The van der Waals surface area contributed by atoms with E-state index in [1.807, 2.05) is 19.1 Å². The fraction of sp³-hybridized carbons (Fsp3) is 0.600. The first-order valence-corrected chi connectivity index (χ1v) is 10.6. The highest BCUT2D eigenvalue weighted by molar-refractivity contribution is 8.00. The Balaban J connectivity index is 1.70. The molecule has 1 aromatic carbocycles. The Hall–Kier alpha value is -1.89. The topological polar surface area (TPSA) is 72.7 Å². The highest BCUT2D eigenvalue weighted by Crippen LogP contribution is 2.30. The summed E-state index contributed by atoms with van der Waals surface area (Å²) in [5.74, 6) is 1.23. The average Bonchev–Trinajstić information content (AvgIpc) is 3.09. The first-order valence-electron chi connectivity index (χ1n) is 9.70. The predicted octanol–water partition coefficient (Wildman–Crippen LogP) is 3.70. The molecule has 6 nitrogen and oxygen atoms in total. The van der Waals surface area contributed by atoms with Gasteiger partial charge >= 0.3 is 0 Å². The summed E-state index contributed by atoms with van der Waals surface area (Å²) in [4.78, 5) is 12.7. The molecule has 1 aliphatic rings. The van der Waals surface area contributed by atoms with Crippen LogP contribution in [0.1, 0.15) is 51.2 Å². The number of benzene rings is 1. The summed E-state index contributed by atoms with van der Waals surface area (Å²) in [5, 5.41) is 15.7. The average molecular weight is 388 g/mol. The van der Waals surface area contributed by atoms with Crippen LogP contribution in [0.3, 0.4) is 0 Å². The molecular formula is C20H29N5OS. The van der Waals surface area contributed by atoms with Gasteiger partial charge in [0.05, 0.1) is 10.9 Å². The molecule has 1 fully saturated rings. The van der Waals surface area contributed by atoms with Crippen molar-refractivity contribution in [2.24, 2.45) is 11.8 Å². The number of aryl methyl sites for hydroxylation is 1. The van der Waals surface area contributed by atoms with Crippen molar-refractivity contribution in [2.45, 2.75) is 70.3 Å². The van der Waals surface area contributed by atoms with Crippen LogP contribution in [0, 0.1) is 25.7 Å². The van der Waals surface area contributed by atoms with Gasteiger partial charge in [-0.1, -0.05) is 50.6 Å². The molecule has 7 heteroatoms. The van der Waals surface area contributed by atoms with E-state index in [0.717, 1.165) is 17.7 Å². The molecule has 1 aliphatic carbocycles. The van der Waals surface area contributed by atoms with Crippen LogP contribution < -0.4 is 5.32 Å². The Labute approximate surface area is 165 Å². The molecule has 0 bridgehead atoms. The molecule has 1 saturated carbocycles. The lowest BCUT2D eigenvalue weighted by Gasteiger charge is -2.35. The minimum atomic E-state index is -0.260. The summed E-state index contributed by atoms with van der Waals surface area (Å²) in [6.45, 7) is 10.6. The lowest BCUT2D eigenvalue weighted by Crippen LogP contribution is -2.46. The van der Waals surface area contributed by atoms with Gasteiger partial charge in [-0.25, -0.2) is 0 Å². The fourth-order valence-corrected chi connectivity index (χ4v) is 4.48. The van der Waals surface area contributed by atoms with Crippen LogP contribution in [0.4, 0.5) is 0 Å². The van der Waals surface area contributed by atoms with Crippen molar-refractivity contribution in [3.05, 3.63) is 29.3 Å². The van der Waals surface area contributed by atoms with Crippen molar-refractivity contribution in [1.82, 2.24) is 25.5 Å². The van der Waals surface area contributed by atoms with Crippen LogP contribution in [0.25, 0.3) is 5.69 Å². The van der Waals surface area contributed by atoms with Gasteiger partial charge < -0.3 is 5.32 Å². The third kappa shape index (κ3) is 4.34. The molecule has 0 unspecified atom stereocenters. The minimum Gasteiger partial charge on any atom is -0.352 e. The molecule has 1 aromatic heterocycles. The molecule has 0 spiro atoms. The number of nitrogens with one attached hydrogen (secondary N) is 1. The monoisotopic (exact) mass is 387 g/mol. The van der Waals surface area contributed by atoms with E-state index in [1.54, 1.807) is 4.68 Å². The van der Waals surface area contributed by atoms with Crippen molar-refractivity contribution < 1.29 is 4.79 Å². The van der Waals surface area contributed by atoms with Gasteiger partial charge in [-0.2, -0.15) is 4.68 Å². The molecular weight excluding hydrogens is 358 g/mol. The van der Waals surface area contributed by atoms with E-state index in [2.05, 4.69) is 54.6 Å². The maximum atomic E-state index is 12.7. The van der Waals surface area contributed by atoms with E-state index >= 15 is 0 Å². The molecule has 3 rings (SSSR count). The second kappa shape index (κ2) is 8.42. The Morgan fingerprint density at radius 3 is 2.85 bits per heavy atom. The van der Waals surface area contributed by atoms with E-state index in [1.165, 1.54) is 30.2 Å². The van der Waals surface area contributed by atoms with Gasteiger partial charge in [0.15, 0.2) is 0 Å². The minimum absolute atomic E-state index is 0.0569. The number of amides is 1. The largest absolute Gasteiger partial charge is 0.352 e. The molecule has 146 valence electrons. The number of thioether (sulfide) groups is 1. The van der Waals surface area contributed by atoms with Crippen molar-refractivity contribution in [3.8, 4) is 5.69 Å². The first-order chi connectivity index (χ1) is 12.9. The van der Waals surface area contributed by atoms with Crippen LogP contribution in [-0.2, 0) is 4.79 Å². The number of rotatable bonds is 5. The van der Waals surface area contributed by atoms with Gasteiger partial charge in [0, 0.05) is 6.04 Å². The highest BCUT2D eigenvalue weighted by atomic mass is 32.2. The number of carbonyl (C=O) groups excluding carboxylic acids is 1. The summed E-state index contributed by atoms with van der Waals surface area (Å²) in [5.41, 5.74) is 3.27. The van der Waals surface area contributed by atoms with Crippen LogP contribution in [0.15, 0.2) is 23.4 Å². The SMILES string of the molecule is Cc1cccc(-n2nnnc2S[C@H](C)C(=O)N[C@H]2CCC[C@H](C)[C@@H]2C)c1C. The second-order valence-corrected chi connectivity index (χ2v) is 9.04. The maximum absolute atomic E-state index is 12.7. The Kier molecular flexibility index (Phi) is 6.19. The second-order valence-electron chi connectivity index (χ2n) is 7.73. The first kappa shape index (κ1) is 19.9. The number of hydrogen-bond donors (Lipinski definition) is 1. The summed E-state index contributed by atoms with van der Waals surface area (Å²) in [7, 11) is 0. The Bertz CT molecular complexity index is 805. The van der Waals surface area contributed by atoms with E-state index in [-0.39, 0.29) is 17.2 Å². The van der Waals surface area contributed by atoms with Crippen molar-refractivity contribution in [1.29, 1.82) is 0 Å². The summed E-state index contributed by atoms with van der Waals surface area (Å²) >= 11 is 1.40. The number of nitrogens with zero attached hydrogens (tertiary/aromatic N) is 4. The molecule has 1 amide bonds. The van der Waals surface area contributed by atoms with Crippen LogP contribution in [-0.4, -0.2) is 37.4 Å². The lowest BCUT2D eigenvalue weighted by atomic mass is 9.78. The van der Waals surface area contributed by atoms with Gasteiger partial charge in [-0.15, -0.1) is 5.10 Å². The quantitative estimate of drug-likeness (QED) is 0.792. The van der Waals surface area contributed by atoms with Crippen molar-refractivity contribution in [3.63, 3.8) is 0 Å². The van der Waals surface area contributed by atoms with E-state index < -0.39 is 0 Å². The molecule has 2 aromatic rings. The van der Waals surface area contributed by atoms with E-state index in [0.29, 0.717) is 17.0 Å². The van der Waals surface area contributed by atoms with E-state index in [9.17, 15) is 4.79 Å². The third-order valence-electron chi connectivity index (χ3n) is 5.93. The molecule has 4 atom stereocenters. The number of hydrogen-bond acceptors (Lipinski definition) is 5. The van der Waals surface area contributed by atoms with E-state index in [4.69, 9.17) is 0 Å². The fourth-order valence-electron chi connectivity index (χ4n) is 3.67. The third-order valence-corrected chi connectivity index (χ3v) is 6.96. The Morgan fingerprint density at radius 1 is 1.30 bits per heavy atom. The molecule has 0 aliphatic heterocycles. The zero-order valence-corrected chi connectivity index (χ0v) is 17.6. The molecule has 0 saturated heterocycles. The molecule has 0 radical (unpaired) electrons.